The van der Waals surface area contributed by atoms with Gasteiger partial charge in [-0.25, -0.2) is 0 Å². The molecule has 17 heavy (non-hydrogen) atoms. The van der Waals surface area contributed by atoms with Crippen LogP contribution in [-0.2, 0) is 14.2 Å². The summed E-state index contributed by atoms with van der Waals surface area (Å²) in [6.45, 7) is 12.5. The molecule has 0 amide bonds. The summed E-state index contributed by atoms with van der Waals surface area (Å²) in [6, 6.07) is 0. The van der Waals surface area contributed by atoms with Gasteiger partial charge in [0.25, 0.3) is 0 Å². The Kier molecular flexibility index (Phi) is 15.6. The maximum Gasteiger partial charge on any atom is 0.0591 e. The first-order chi connectivity index (χ1) is 8.41. The molecule has 1 rings (SSSR count). The van der Waals surface area contributed by atoms with Crippen LogP contribution in [0.25, 0.3) is 0 Å². The maximum atomic E-state index is 5.34. The highest BCUT2D eigenvalue weighted by molar-refractivity contribution is 4.50. The molecule has 0 aliphatic carbocycles. The van der Waals surface area contributed by atoms with E-state index in [1.165, 1.54) is 0 Å². The van der Waals surface area contributed by atoms with Crippen LogP contribution in [0, 0.1) is 0 Å². The predicted octanol–water partition coefficient (Wildman–Crippen LogP) is 0.255. The van der Waals surface area contributed by atoms with Gasteiger partial charge in [-0.2, -0.15) is 0 Å². The summed E-state index contributed by atoms with van der Waals surface area (Å²) in [7, 11) is 0. The van der Waals surface area contributed by atoms with Crippen LogP contribution in [0.3, 0.4) is 0 Å². The third-order valence-electron chi connectivity index (χ3n) is 2.10. The van der Waals surface area contributed by atoms with Gasteiger partial charge >= 0.3 is 0 Å². The van der Waals surface area contributed by atoms with Crippen LogP contribution in [0.1, 0.15) is 13.8 Å². The summed E-state index contributed by atoms with van der Waals surface area (Å²) >= 11 is 0. The monoisotopic (exact) mass is 248 g/mol. The minimum absolute atomic E-state index is 0.793. The summed E-state index contributed by atoms with van der Waals surface area (Å²) in [5.41, 5.74) is 0. The lowest BCUT2D eigenvalue weighted by Crippen LogP contribution is -2.30. The summed E-state index contributed by atoms with van der Waals surface area (Å²) in [6.07, 6.45) is 0. The zero-order chi connectivity index (χ0) is 12.6. The zero-order valence-electron chi connectivity index (χ0n) is 11.3. The second kappa shape index (κ2) is 15.8. The second-order valence-corrected chi connectivity index (χ2v) is 3.51. The van der Waals surface area contributed by atoms with Crippen molar-refractivity contribution in [3.63, 3.8) is 0 Å². The Morgan fingerprint density at radius 2 is 1.12 bits per heavy atom. The minimum atomic E-state index is 0.793. The van der Waals surface area contributed by atoms with Gasteiger partial charge in [0, 0.05) is 39.4 Å². The van der Waals surface area contributed by atoms with E-state index < -0.39 is 0 Å². The Hall–Kier alpha value is -0.200. The van der Waals surface area contributed by atoms with Crippen molar-refractivity contribution >= 4 is 0 Å². The van der Waals surface area contributed by atoms with Gasteiger partial charge in [0.1, 0.15) is 0 Å². The van der Waals surface area contributed by atoms with Gasteiger partial charge in [0.05, 0.1) is 26.4 Å². The molecule has 0 spiro atoms. The van der Waals surface area contributed by atoms with Crippen molar-refractivity contribution in [1.29, 1.82) is 0 Å². The molecule has 0 aromatic rings. The van der Waals surface area contributed by atoms with E-state index in [-0.39, 0.29) is 0 Å². The molecule has 2 N–H and O–H groups in total. The Labute approximate surface area is 105 Å². The van der Waals surface area contributed by atoms with Crippen molar-refractivity contribution in [1.82, 2.24) is 10.6 Å². The van der Waals surface area contributed by atoms with Gasteiger partial charge < -0.3 is 24.8 Å². The fourth-order valence-electron chi connectivity index (χ4n) is 1.24. The van der Waals surface area contributed by atoms with Crippen molar-refractivity contribution in [2.45, 2.75) is 13.8 Å². The van der Waals surface area contributed by atoms with Crippen LogP contribution in [0.4, 0.5) is 0 Å². The first kappa shape index (κ1) is 16.8. The fourth-order valence-corrected chi connectivity index (χ4v) is 1.24. The molecule has 104 valence electrons. The quantitative estimate of drug-likeness (QED) is 0.734. The fraction of sp³-hybridized carbons (Fsp3) is 1.00. The molecule has 1 heterocycles. The summed E-state index contributed by atoms with van der Waals surface area (Å²) in [4.78, 5) is 0. The van der Waals surface area contributed by atoms with Gasteiger partial charge in [-0.1, -0.05) is 0 Å². The van der Waals surface area contributed by atoms with Crippen molar-refractivity contribution in [2.24, 2.45) is 0 Å². The van der Waals surface area contributed by atoms with E-state index >= 15 is 0 Å². The number of hydrogen-bond donors (Lipinski definition) is 2. The normalized spacial score (nSPS) is 19.4. The Morgan fingerprint density at radius 1 is 0.765 bits per heavy atom. The summed E-state index contributed by atoms with van der Waals surface area (Å²) < 4.78 is 15.5. The molecule has 5 nitrogen and oxygen atoms in total. The Morgan fingerprint density at radius 3 is 1.35 bits per heavy atom. The molecule has 0 atom stereocenters. The van der Waals surface area contributed by atoms with E-state index in [1.807, 2.05) is 13.8 Å². The van der Waals surface area contributed by atoms with Crippen LogP contribution in [0.15, 0.2) is 0 Å². The van der Waals surface area contributed by atoms with E-state index in [1.54, 1.807) is 0 Å². The molecule has 0 unspecified atom stereocenters. The lowest BCUT2D eigenvalue weighted by atomic mass is 10.5. The molecular formula is C12H28N2O3. The van der Waals surface area contributed by atoms with Crippen molar-refractivity contribution < 1.29 is 14.2 Å². The topological polar surface area (TPSA) is 51.8 Å². The van der Waals surface area contributed by atoms with Crippen molar-refractivity contribution in [3.8, 4) is 0 Å². The molecule has 1 fully saturated rings. The summed E-state index contributed by atoms with van der Waals surface area (Å²) in [5.74, 6) is 0. The van der Waals surface area contributed by atoms with Crippen LogP contribution >= 0.6 is 0 Å². The van der Waals surface area contributed by atoms with Crippen LogP contribution in [-0.4, -0.2) is 65.8 Å². The predicted molar refractivity (Wildman–Crippen MR) is 69.5 cm³/mol. The molecule has 0 bridgehead atoms. The van der Waals surface area contributed by atoms with Gasteiger partial charge in [-0.3, -0.25) is 0 Å². The highest BCUT2D eigenvalue weighted by Gasteiger charge is 1.93. The van der Waals surface area contributed by atoms with Gasteiger partial charge in [0.15, 0.2) is 0 Å². The van der Waals surface area contributed by atoms with Gasteiger partial charge in [-0.15, -0.1) is 0 Å². The first-order valence-electron chi connectivity index (χ1n) is 6.56. The largest absolute Gasteiger partial charge is 0.382 e. The number of hydrogen-bond acceptors (Lipinski definition) is 5. The van der Waals surface area contributed by atoms with Crippen LogP contribution in [0.5, 0.6) is 0 Å². The zero-order valence-corrected chi connectivity index (χ0v) is 11.3. The van der Waals surface area contributed by atoms with Crippen LogP contribution < -0.4 is 10.6 Å². The van der Waals surface area contributed by atoms with Crippen LogP contribution in [0.2, 0.25) is 0 Å². The second-order valence-electron chi connectivity index (χ2n) is 3.51. The van der Waals surface area contributed by atoms with E-state index in [0.717, 1.165) is 65.8 Å². The molecule has 0 saturated carbocycles. The van der Waals surface area contributed by atoms with Crippen molar-refractivity contribution in [2.75, 3.05) is 65.8 Å². The molecule has 1 saturated heterocycles. The summed E-state index contributed by atoms with van der Waals surface area (Å²) in [5, 5.41) is 6.47. The Balaban J connectivity index is 0.000000437. The third-order valence-corrected chi connectivity index (χ3v) is 2.10. The maximum absolute atomic E-state index is 5.34. The van der Waals surface area contributed by atoms with Gasteiger partial charge in [-0.05, 0) is 13.8 Å². The lowest BCUT2D eigenvalue weighted by molar-refractivity contribution is 0.109. The average molecular weight is 248 g/mol. The number of nitrogens with one attached hydrogen (secondary N) is 2. The minimum Gasteiger partial charge on any atom is -0.382 e. The van der Waals surface area contributed by atoms with E-state index in [4.69, 9.17) is 14.2 Å². The standard InChI is InChI=1S/C8H18N2O2.C4H10O/c1-5-11-7-3-10-4-8-12-6-2-9-1;1-3-5-4-2/h9-10H,1-8H2;3-4H2,1-2H3. The smallest absolute Gasteiger partial charge is 0.0591 e. The molecule has 0 radical (unpaired) electrons. The highest BCUT2D eigenvalue weighted by Crippen LogP contribution is 1.77. The molecule has 1 aliphatic heterocycles. The number of ether oxygens (including phenoxy) is 3. The first-order valence-corrected chi connectivity index (χ1v) is 6.56. The highest BCUT2D eigenvalue weighted by atomic mass is 16.5. The lowest BCUT2D eigenvalue weighted by Gasteiger charge is -2.10. The van der Waals surface area contributed by atoms with E-state index in [2.05, 4.69) is 10.6 Å². The third kappa shape index (κ3) is 15.8. The number of rotatable bonds is 2. The molecule has 0 aromatic carbocycles. The molecule has 0 aromatic heterocycles. The molecule has 1 aliphatic rings. The molecule has 5 heteroatoms. The SMILES string of the molecule is C1COCCNCCOCCN1.CCOCC. The average Bonchev–Trinajstić information content (AvgIpc) is 2.31. The van der Waals surface area contributed by atoms with E-state index in [0.29, 0.717) is 0 Å². The Bertz CT molecular complexity index is 91.9. The van der Waals surface area contributed by atoms with Gasteiger partial charge in [0.2, 0.25) is 0 Å². The molecular weight excluding hydrogens is 220 g/mol. The van der Waals surface area contributed by atoms with Crippen molar-refractivity contribution in [3.05, 3.63) is 0 Å². The van der Waals surface area contributed by atoms with E-state index in [9.17, 15) is 0 Å².